The molecule has 3 aromatic rings. The summed E-state index contributed by atoms with van der Waals surface area (Å²) in [5, 5.41) is 3.79. The average molecular weight is 273 g/mol. The third-order valence-corrected chi connectivity index (χ3v) is 3.14. The summed E-state index contributed by atoms with van der Waals surface area (Å²) >= 11 is 5.98. The van der Waals surface area contributed by atoms with Gasteiger partial charge in [-0.1, -0.05) is 23.7 Å². The Hall–Kier alpha value is -1.84. The van der Waals surface area contributed by atoms with E-state index in [4.69, 9.17) is 16.0 Å². The summed E-state index contributed by atoms with van der Waals surface area (Å²) in [4.78, 5) is 4.48. The second-order valence-corrected chi connectivity index (χ2v) is 4.80. The molecular formula is C15H13ClN2O. The van der Waals surface area contributed by atoms with E-state index in [-0.39, 0.29) is 0 Å². The van der Waals surface area contributed by atoms with Crippen molar-refractivity contribution in [1.82, 2.24) is 10.3 Å². The van der Waals surface area contributed by atoms with Crippen LogP contribution in [0.4, 0.5) is 0 Å². The van der Waals surface area contributed by atoms with E-state index in [0.717, 1.165) is 23.2 Å². The molecular weight excluding hydrogens is 260 g/mol. The van der Waals surface area contributed by atoms with Gasteiger partial charge in [-0.25, -0.2) is 4.98 Å². The van der Waals surface area contributed by atoms with Crippen LogP contribution in [0, 0.1) is 0 Å². The van der Waals surface area contributed by atoms with Crippen LogP contribution in [0.25, 0.3) is 22.6 Å². The number of halogens is 1. The monoisotopic (exact) mass is 272 g/mol. The minimum atomic E-state index is 0.596. The highest BCUT2D eigenvalue weighted by Gasteiger charge is 2.08. The maximum Gasteiger partial charge on any atom is 0.227 e. The van der Waals surface area contributed by atoms with E-state index in [0.29, 0.717) is 10.9 Å². The van der Waals surface area contributed by atoms with Crippen molar-refractivity contribution in [1.29, 1.82) is 0 Å². The van der Waals surface area contributed by atoms with Crippen molar-refractivity contribution in [2.24, 2.45) is 0 Å². The highest BCUT2D eigenvalue weighted by Crippen LogP contribution is 2.26. The number of fused-ring (bicyclic) bond motifs is 1. The van der Waals surface area contributed by atoms with Gasteiger partial charge in [0.2, 0.25) is 5.89 Å². The highest BCUT2D eigenvalue weighted by atomic mass is 35.5. The summed E-state index contributed by atoms with van der Waals surface area (Å²) in [5.41, 5.74) is 3.71. The molecule has 0 bridgehead atoms. The second-order valence-electron chi connectivity index (χ2n) is 4.36. The smallest absolute Gasteiger partial charge is 0.227 e. The number of hydrogen-bond acceptors (Lipinski definition) is 3. The van der Waals surface area contributed by atoms with Crippen LogP contribution in [0.15, 0.2) is 46.9 Å². The lowest BCUT2D eigenvalue weighted by atomic mass is 10.2. The molecule has 0 aliphatic carbocycles. The standard InChI is InChI=1S/C15H13ClN2O/c1-17-9-10-5-6-13-14(7-10)19-15(18-13)11-3-2-4-12(16)8-11/h2-8,17H,9H2,1H3. The molecule has 0 saturated heterocycles. The highest BCUT2D eigenvalue weighted by molar-refractivity contribution is 6.30. The summed E-state index contributed by atoms with van der Waals surface area (Å²) in [6.07, 6.45) is 0. The number of hydrogen-bond donors (Lipinski definition) is 1. The first kappa shape index (κ1) is 12.2. The number of oxazole rings is 1. The van der Waals surface area contributed by atoms with Crippen LogP contribution in [0.5, 0.6) is 0 Å². The first-order valence-electron chi connectivity index (χ1n) is 6.06. The lowest BCUT2D eigenvalue weighted by Crippen LogP contribution is -2.04. The molecule has 0 saturated carbocycles. The van der Waals surface area contributed by atoms with Crippen molar-refractivity contribution in [2.75, 3.05) is 7.05 Å². The summed E-state index contributed by atoms with van der Waals surface area (Å²) in [7, 11) is 1.92. The summed E-state index contributed by atoms with van der Waals surface area (Å²) in [6.45, 7) is 0.809. The number of nitrogens with zero attached hydrogens (tertiary/aromatic N) is 1. The van der Waals surface area contributed by atoms with E-state index in [9.17, 15) is 0 Å². The summed E-state index contributed by atoms with van der Waals surface area (Å²) in [5.74, 6) is 0.596. The zero-order valence-electron chi connectivity index (χ0n) is 10.5. The Morgan fingerprint density at radius 2 is 2.11 bits per heavy atom. The number of aromatic nitrogens is 1. The van der Waals surface area contributed by atoms with E-state index in [1.807, 2.05) is 49.5 Å². The van der Waals surface area contributed by atoms with Gasteiger partial charge in [0.1, 0.15) is 5.52 Å². The van der Waals surface area contributed by atoms with Crippen molar-refractivity contribution in [3.8, 4) is 11.5 Å². The number of nitrogens with one attached hydrogen (secondary N) is 1. The van der Waals surface area contributed by atoms with Crippen molar-refractivity contribution in [3.05, 3.63) is 53.1 Å². The van der Waals surface area contributed by atoms with Crippen LogP contribution >= 0.6 is 11.6 Å². The van der Waals surface area contributed by atoms with Crippen LogP contribution in [0.1, 0.15) is 5.56 Å². The number of rotatable bonds is 3. The van der Waals surface area contributed by atoms with Gasteiger partial charge in [0.05, 0.1) is 0 Å². The lowest BCUT2D eigenvalue weighted by molar-refractivity contribution is 0.619. The minimum Gasteiger partial charge on any atom is -0.436 e. The molecule has 0 unspecified atom stereocenters. The van der Waals surface area contributed by atoms with Gasteiger partial charge < -0.3 is 9.73 Å². The molecule has 96 valence electrons. The Kier molecular flexibility index (Phi) is 3.23. The Morgan fingerprint density at radius 1 is 1.21 bits per heavy atom. The van der Waals surface area contributed by atoms with E-state index in [1.54, 1.807) is 0 Å². The third kappa shape index (κ3) is 2.48. The molecule has 0 atom stereocenters. The molecule has 0 amide bonds. The molecule has 1 N–H and O–H groups in total. The van der Waals surface area contributed by atoms with Crippen LogP contribution in [-0.2, 0) is 6.54 Å². The van der Waals surface area contributed by atoms with Crippen LogP contribution < -0.4 is 5.32 Å². The summed E-state index contributed by atoms with van der Waals surface area (Å²) in [6, 6.07) is 13.5. The molecule has 0 aliphatic heterocycles. The van der Waals surface area contributed by atoms with Crippen molar-refractivity contribution < 1.29 is 4.42 Å². The van der Waals surface area contributed by atoms with Gasteiger partial charge in [-0.05, 0) is 42.9 Å². The van der Waals surface area contributed by atoms with E-state index >= 15 is 0 Å². The van der Waals surface area contributed by atoms with Crippen LogP contribution in [-0.4, -0.2) is 12.0 Å². The zero-order chi connectivity index (χ0) is 13.2. The molecule has 0 radical (unpaired) electrons. The molecule has 2 aromatic carbocycles. The molecule has 4 heteroatoms. The van der Waals surface area contributed by atoms with Gasteiger partial charge in [-0.15, -0.1) is 0 Å². The van der Waals surface area contributed by atoms with Gasteiger partial charge >= 0.3 is 0 Å². The zero-order valence-corrected chi connectivity index (χ0v) is 11.2. The Morgan fingerprint density at radius 3 is 2.89 bits per heavy atom. The Bertz CT molecular complexity index is 721. The molecule has 3 nitrogen and oxygen atoms in total. The molecule has 3 rings (SSSR count). The van der Waals surface area contributed by atoms with Crippen molar-refractivity contribution in [2.45, 2.75) is 6.54 Å². The Balaban J connectivity index is 2.06. The molecule has 1 heterocycles. The third-order valence-electron chi connectivity index (χ3n) is 2.91. The predicted molar refractivity (Wildman–Crippen MR) is 77.2 cm³/mol. The molecule has 0 aliphatic rings. The topological polar surface area (TPSA) is 38.1 Å². The average Bonchev–Trinajstić information content (AvgIpc) is 2.82. The van der Waals surface area contributed by atoms with E-state index in [2.05, 4.69) is 10.3 Å². The van der Waals surface area contributed by atoms with Crippen molar-refractivity contribution in [3.63, 3.8) is 0 Å². The fraction of sp³-hybridized carbons (Fsp3) is 0.133. The van der Waals surface area contributed by atoms with Crippen molar-refractivity contribution >= 4 is 22.7 Å². The number of benzene rings is 2. The fourth-order valence-corrected chi connectivity index (χ4v) is 2.22. The van der Waals surface area contributed by atoms with Gasteiger partial charge in [0.25, 0.3) is 0 Å². The van der Waals surface area contributed by atoms with E-state index < -0.39 is 0 Å². The van der Waals surface area contributed by atoms with Gasteiger partial charge in [0, 0.05) is 17.1 Å². The molecule has 0 spiro atoms. The lowest BCUT2D eigenvalue weighted by Gasteiger charge is -1.97. The van der Waals surface area contributed by atoms with Crippen LogP contribution in [0.3, 0.4) is 0 Å². The predicted octanol–water partition coefficient (Wildman–Crippen LogP) is 3.87. The SMILES string of the molecule is CNCc1ccc2nc(-c3cccc(Cl)c3)oc2c1. The quantitative estimate of drug-likeness (QED) is 0.787. The fourth-order valence-electron chi connectivity index (χ4n) is 2.03. The normalized spacial score (nSPS) is 11.1. The molecule has 1 aromatic heterocycles. The second kappa shape index (κ2) is 5.03. The van der Waals surface area contributed by atoms with Gasteiger partial charge in [-0.3, -0.25) is 0 Å². The van der Waals surface area contributed by atoms with E-state index in [1.165, 1.54) is 5.56 Å². The van der Waals surface area contributed by atoms with Gasteiger partial charge in [0.15, 0.2) is 5.58 Å². The summed E-state index contributed by atoms with van der Waals surface area (Å²) < 4.78 is 5.80. The van der Waals surface area contributed by atoms with Gasteiger partial charge in [-0.2, -0.15) is 0 Å². The molecule has 19 heavy (non-hydrogen) atoms. The molecule has 0 fully saturated rings. The maximum absolute atomic E-state index is 5.98. The first-order chi connectivity index (χ1) is 9.26. The Labute approximate surface area is 116 Å². The minimum absolute atomic E-state index is 0.596. The largest absolute Gasteiger partial charge is 0.436 e. The van der Waals surface area contributed by atoms with Crippen LogP contribution in [0.2, 0.25) is 5.02 Å². The maximum atomic E-state index is 5.98. The first-order valence-corrected chi connectivity index (χ1v) is 6.44.